The lowest BCUT2D eigenvalue weighted by atomic mass is 9.91. The van der Waals surface area contributed by atoms with E-state index < -0.39 is 91.3 Å². The predicted molar refractivity (Wildman–Crippen MR) is 139 cm³/mol. The van der Waals surface area contributed by atoms with Crippen LogP contribution in [0.25, 0.3) is 10.8 Å². The lowest BCUT2D eigenvalue weighted by molar-refractivity contribution is -0.458. The van der Waals surface area contributed by atoms with Crippen LogP contribution >= 0.6 is 10.3 Å². The van der Waals surface area contributed by atoms with Gasteiger partial charge >= 0.3 is 57.1 Å². The van der Waals surface area contributed by atoms with Gasteiger partial charge in [0, 0.05) is 29.4 Å². The molecular weight excluding hydrogens is 779 g/mol. The third-order valence-corrected chi connectivity index (χ3v) is 13.4. The maximum Gasteiger partial charge on any atom is 0.460 e. The van der Waals surface area contributed by atoms with Crippen molar-refractivity contribution in [1.29, 1.82) is 0 Å². The molecule has 24 heteroatoms. The fraction of sp³-hybridized carbons (Fsp3) is 0.615. The zero-order valence-electron chi connectivity index (χ0n) is 24.2. The highest BCUT2D eigenvalue weighted by atomic mass is 32.3. The van der Waals surface area contributed by atoms with Gasteiger partial charge in [0.1, 0.15) is 0 Å². The summed E-state index contributed by atoms with van der Waals surface area (Å²) in [4.78, 5) is -0.325. The van der Waals surface area contributed by atoms with Crippen molar-refractivity contribution >= 4 is 31.2 Å². The number of rotatable bonds is 12. The fourth-order valence-electron chi connectivity index (χ4n) is 5.11. The SMILES string of the molecule is O=S(=O)(OS1(c2cccc3ccccc23)CCC(OC2CCCO2)C1)C(F)(F)C(F)(F)C(F)(F)C(F)(F)C(F)(F)C(F)(F)C(F)(F)C(F)(F)F. The van der Waals surface area contributed by atoms with Gasteiger partial charge in [0.05, 0.1) is 6.10 Å². The van der Waals surface area contributed by atoms with E-state index in [-0.39, 0.29) is 35.1 Å². The highest BCUT2D eigenvalue weighted by Gasteiger charge is 2.96. The molecule has 0 aliphatic carbocycles. The van der Waals surface area contributed by atoms with Crippen LogP contribution in [0.4, 0.5) is 74.6 Å². The Labute approximate surface area is 271 Å². The van der Waals surface area contributed by atoms with Gasteiger partial charge < -0.3 is 9.47 Å². The molecule has 2 aromatic carbocycles. The first-order valence-corrected chi connectivity index (χ1v) is 17.0. The van der Waals surface area contributed by atoms with Gasteiger partial charge in [-0.2, -0.15) is 83.1 Å². The molecule has 0 spiro atoms. The van der Waals surface area contributed by atoms with E-state index in [0.29, 0.717) is 6.42 Å². The van der Waals surface area contributed by atoms with E-state index in [1.807, 2.05) is 0 Å². The molecule has 50 heavy (non-hydrogen) atoms. The van der Waals surface area contributed by atoms with Gasteiger partial charge in [-0.05, 0) is 29.7 Å². The summed E-state index contributed by atoms with van der Waals surface area (Å²) in [6, 6.07) is 9.03. The first kappa shape index (κ1) is 40.5. The molecule has 2 aromatic rings. The average molecular weight is 801 g/mol. The number of ether oxygens (including phenoxy) is 2. The van der Waals surface area contributed by atoms with Crippen LogP contribution in [0.3, 0.4) is 0 Å². The van der Waals surface area contributed by atoms with E-state index in [1.54, 1.807) is 0 Å². The normalized spacial score (nSPS) is 25.2. The maximum atomic E-state index is 15.1. The molecule has 2 aliphatic heterocycles. The molecule has 0 saturated carbocycles. The zero-order chi connectivity index (χ0) is 38.2. The van der Waals surface area contributed by atoms with Crippen molar-refractivity contribution in [1.82, 2.24) is 0 Å². The van der Waals surface area contributed by atoms with E-state index in [0.717, 1.165) is 6.07 Å². The van der Waals surface area contributed by atoms with Crippen LogP contribution in [0.5, 0.6) is 0 Å². The van der Waals surface area contributed by atoms with Crippen molar-refractivity contribution in [3.05, 3.63) is 42.5 Å². The van der Waals surface area contributed by atoms with Gasteiger partial charge in [-0.1, -0.05) is 46.7 Å². The molecular formula is C26H21F17O5S2. The smallest absolute Gasteiger partial charge is 0.353 e. The minimum atomic E-state index is -8.94. The van der Waals surface area contributed by atoms with Crippen LogP contribution in [0.1, 0.15) is 19.3 Å². The van der Waals surface area contributed by atoms with E-state index in [9.17, 15) is 74.3 Å². The van der Waals surface area contributed by atoms with Crippen LogP contribution in [0.2, 0.25) is 0 Å². The van der Waals surface area contributed by atoms with Crippen molar-refractivity contribution in [2.24, 2.45) is 0 Å². The highest BCUT2D eigenvalue weighted by molar-refractivity contribution is 8.33. The molecule has 0 N–H and O–H groups in total. The topological polar surface area (TPSA) is 61.8 Å². The maximum absolute atomic E-state index is 15.1. The number of hydrogen-bond donors (Lipinski definition) is 0. The third-order valence-electron chi connectivity index (χ3n) is 7.83. The predicted octanol–water partition coefficient (Wildman–Crippen LogP) is 9.16. The molecule has 2 saturated heterocycles. The Morgan fingerprint density at radius 3 is 1.72 bits per heavy atom. The summed E-state index contributed by atoms with van der Waals surface area (Å²) in [6.07, 6.45) is -9.57. The number of alkyl halides is 17. The Hall–Kier alpha value is -2.31. The van der Waals surface area contributed by atoms with Crippen molar-refractivity contribution in [2.75, 3.05) is 18.1 Å². The number of benzene rings is 2. The van der Waals surface area contributed by atoms with Crippen LogP contribution in [-0.2, 0) is 23.2 Å². The molecule has 0 bridgehead atoms. The van der Waals surface area contributed by atoms with E-state index in [4.69, 9.17) is 9.47 Å². The summed E-state index contributed by atoms with van der Waals surface area (Å²) in [5.41, 5.74) is 0. The van der Waals surface area contributed by atoms with Crippen molar-refractivity contribution in [3.63, 3.8) is 0 Å². The Morgan fingerprint density at radius 1 is 0.660 bits per heavy atom. The largest absolute Gasteiger partial charge is 0.460 e. The Morgan fingerprint density at radius 2 is 1.18 bits per heavy atom. The quantitative estimate of drug-likeness (QED) is 0.201. The minimum absolute atomic E-state index is 0.0115. The van der Waals surface area contributed by atoms with Crippen LogP contribution < -0.4 is 0 Å². The second-order valence-electron chi connectivity index (χ2n) is 11.1. The summed E-state index contributed by atoms with van der Waals surface area (Å²) in [7, 11) is -11.8. The molecule has 3 unspecified atom stereocenters. The minimum Gasteiger partial charge on any atom is -0.353 e. The molecule has 2 heterocycles. The highest BCUT2D eigenvalue weighted by Crippen LogP contribution is 2.68. The fourth-order valence-corrected chi connectivity index (χ4v) is 11.0. The van der Waals surface area contributed by atoms with Gasteiger partial charge in [-0.25, -0.2) is 3.63 Å². The summed E-state index contributed by atoms with van der Waals surface area (Å²) < 4.78 is 277. The Kier molecular flexibility index (Phi) is 10.0. The monoisotopic (exact) mass is 800 g/mol. The second kappa shape index (κ2) is 12.4. The van der Waals surface area contributed by atoms with Crippen LogP contribution in [0, 0.1) is 0 Å². The lowest BCUT2D eigenvalue weighted by Crippen LogP contribution is -2.75. The summed E-state index contributed by atoms with van der Waals surface area (Å²) in [5, 5.41) is -7.54. The average Bonchev–Trinajstić information content (AvgIpc) is 3.66. The molecule has 2 fully saturated rings. The first-order valence-electron chi connectivity index (χ1n) is 13.7. The molecule has 0 aromatic heterocycles. The summed E-state index contributed by atoms with van der Waals surface area (Å²) in [5.74, 6) is -53.7. The van der Waals surface area contributed by atoms with Gasteiger partial charge in [0.15, 0.2) is 6.29 Å². The third kappa shape index (κ3) is 5.87. The van der Waals surface area contributed by atoms with Gasteiger partial charge in [0.25, 0.3) is 0 Å². The Bertz CT molecular complexity index is 1670. The van der Waals surface area contributed by atoms with Crippen LogP contribution in [0.15, 0.2) is 47.4 Å². The number of fused-ring (bicyclic) bond motifs is 1. The van der Waals surface area contributed by atoms with Crippen LogP contribution in [-0.4, -0.2) is 85.9 Å². The standard InChI is InChI=1S/C26H21F17O5S2/c27-19(28,21(31,32)23(35,36)25(39,40)41)20(29,30)22(33,34)24(37,38)26(42,43)50(44,45)48-49(12-10-15(13-49)47-18-9-4-11-46-18)17-8-3-6-14-5-1-2-7-16(14)17/h1-3,5-8,15,18H,4,9-13H2. The van der Waals surface area contributed by atoms with Crippen molar-refractivity contribution in [3.8, 4) is 0 Å². The van der Waals surface area contributed by atoms with E-state index >= 15 is 8.78 Å². The van der Waals surface area contributed by atoms with E-state index in [1.165, 1.54) is 36.4 Å². The molecule has 0 radical (unpaired) electrons. The van der Waals surface area contributed by atoms with Gasteiger partial charge in [-0.3, -0.25) is 0 Å². The molecule has 286 valence electrons. The zero-order valence-corrected chi connectivity index (χ0v) is 25.9. The van der Waals surface area contributed by atoms with Gasteiger partial charge in [0.2, 0.25) is 0 Å². The number of halogens is 17. The lowest BCUT2D eigenvalue weighted by Gasteiger charge is -2.43. The molecule has 2 aliphatic rings. The van der Waals surface area contributed by atoms with Crippen molar-refractivity contribution < 1.29 is 96.2 Å². The van der Waals surface area contributed by atoms with Gasteiger partial charge in [-0.15, -0.1) is 0 Å². The second-order valence-corrected chi connectivity index (χ2v) is 15.9. The number of hydrogen-bond acceptors (Lipinski definition) is 5. The van der Waals surface area contributed by atoms with Crippen molar-refractivity contribution in [2.45, 2.75) is 83.5 Å². The first-order chi connectivity index (χ1) is 22.5. The van der Waals surface area contributed by atoms with E-state index in [2.05, 4.69) is 3.63 Å². The Balaban J connectivity index is 1.79. The molecule has 0 amide bonds. The summed E-state index contributed by atoms with van der Waals surface area (Å²) >= 11 is 0. The molecule has 3 atom stereocenters. The molecule has 4 rings (SSSR count). The molecule has 5 nitrogen and oxygen atoms in total. The summed E-state index contributed by atoms with van der Waals surface area (Å²) in [6.45, 7) is 0.197.